The Labute approximate surface area is 207 Å². The molecule has 0 unspecified atom stereocenters. The lowest BCUT2D eigenvalue weighted by atomic mass is 10.2. The number of rotatable bonds is 5. The Morgan fingerprint density at radius 1 is 1.18 bits per heavy atom. The van der Waals surface area contributed by atoms with E-state index < -0.39 is 17.9 Å². The number of benzene rings is 2. The van der Waals surface area contributed by atoms with Gasteiger partial charge in [0.15, 0.2) is 5.17 Å². The standard InChI is InChI=1S/C22H18Cl2F3N5OS/c1-31(2)8-9-32-16-10-12(6-7-15(16)28-20(32)22(25,26)27)11-17-19(33)30-21(34-17)29-18-13(23)4-3-5-14(18)24/h3-7,10-11H,8-9H2,1-2H3,(H,29,30,33). The van der Waals surface area contributed by atoms with Gasteiger partial charge in [0, 0.05) is 13.1 Å². The highest BCUT2D eigenvalue weighted by Crippen LogP contribution is 2.36. The van der Waals surface area contributed by atoms with E-state index in [1.807, 2.05) is 0 Å². The van der Waals surface area contributed by atoms with Crippen LogP contribution in [0.2, 0.25) is 10.0 Å². The van der Waals surface area contributed by atoms with Gasteiger partial charge < -0.3 is 14.8 Å². The number of para-hydroxylation sites is 1. The second-order valence-corrected chi connectivity index (χ2v) is 9.54. The number of hydrogen-bond donors (Lipinski definition) is 1. The first-order chi connectivity index (χ1) is 16.0. The number of anilines is 1. The van der Waals surface area contributed by atoms with Crippen LogP contribution >= 0.6 is 35.0 Å². The monoisotopic (exact) mass is 527 g/mol. The summed E-state index contributed by atoms with van der Waals surface area (Å²) >= 11 is 13.4. The number of nitrogens with one attached hydrogen (secondary N) is 1. The van der Waals surface area contributed by atoms with E-state index in [-0.39, 0.29) is 12.1 Å². The molecule has 4 rings (SSSR count). The minimum atomic E-state index is -4.59. The number of likely N-dealkylation sites (N-methyl/N-ethyl adjacent to an activating group) is 1. The van der Waals surface area contributed by atoms with Crippen LogP contribution in [0.1, 0.15) is 11.4 Å². The number of halogens is 5. The normalized spacial score (nSPS) is 15.6. The van der Waals surface area contributed by atoms with E-state index in [2.05, 4.69) is 15.3 Å². The van der Waals surface area contributed by atoms with Crippen molar-refractivity contribution < 1.29 is 18.0 Å². The van der Waals surface area contributed by atoms with Crippen molar-refractivity contribution in [1.82, 2.24) is 14.5 Å². The van der Waals surface area contributed by atoms with Gasteiger partial charge in [-0.2, -0.15) is 18.2 Å². The number of aromatic nitrogens is 2. The van der Waals surface area contributed by atoms with Gasteiger partial charge in [-0.25, -0.2) is 4.98 Å². The van der Waals surface area contributed by atoms with Gasteiger partial charge in [-0.05, 0) is 61.8 Å². The molecule has 0 bridgehead atoms. The van der Waals surface area contributed by atoms with Crippen LogP contribution in [0.5, 0.6) is 0 Å². The summed E-state index contributed by atoms with van der Waals surface area (Å²) in [4.78, 5) is 22.3. The minimum absolute atomic E-state index is 0.113. The van der Waals surface area contributed by atoms with Gasteiger partial charge in [-0.15, -0.1) is 0 Å². The van der Waals surface area contributed by atoms with Crippen molar-refractivity contribution in [2.75, 3.05) is 26.0 Å². The summed E-state index contributed by atoms with van der Waals surface area (Å²) in [6.45, 7) is 0.517. The fourth-order valence-corrected chi connectivity index (χ4v) is 4.62. The maximum absolute atomic E-state index is 13.6. The van der Waals surface area contributed by atoms with Crippen molar-refractivity contribution >= 4 is 68.8 Å². The van der Waals surface area contributed by atoms with Crippen LogP contribution in [0.4, 0.5) is 18.9 Å². The Bertz CT molecular complexity index is 1310. The third kappa shape index (κ3) is 5.25. The summed E-state index contributed by atoms with van der Waals surface area (Å²) in [6, 6.07) is 9.71. The van der Waals surface area contributed by atoms with Gasteiger partial charge >= 0.3 is 6.18 Å². The maximum Gasteiger partial charge on any atom is 0.449 e. The lowest BCUT2D eigenvalue weighted by Gasteiger charge is -2.14. The highest BCUT2D eigenvalue weighted by molar-refractivity contribution is 8.18. The summed E-state index contributed by atoms with van der Waals surface area (Å²) in [7, 11) is 3.57. The minimum Gasteiger partial charge on any atom is -0.332 e. The Hall–Kier alpha value is -2.53. The van der Waals surface area contributed by atoms with Gasteiger partial charge in [0.2, 0.25) is 5.82 Å². The SMILES string of the molecule is CN(C)CCn1c(C(F)(F)F)nc2ccc(C=C3SC(Nc4c(Cl)cccc4Cl)=NC3=O)cc21. The number of carbonyl (C=O) groups excluding carboxylic acids is 1. The highest BCUT2D eigenvalue weighted by atomic mass is 35.5. The first-order valence-corrected chi connectivity index (χ1v) is 11.6. The van der Waals surface area contributed by atoms with E-state index in [0.717, 1.165) is 16.3 Å². The second kappa shape index (κ2) is 9.61. The summed E-state index contributed by atoms with van der Waals surface area (Å²) in [5.41, 5.74) is 1.54. The molecule has 0 saturated carbocycles. The Balaban J connectivity index is 1.63. The predicted octanol–water partition coefficient (Wildman–Crippen LogP) is 6.01. The van der Waals surface area contributed by atoms with E-state index in [1.54, 1.807) is 55.4 Å². The molecule has 1 aromatic heterocycles. The number of imidazole rings is 1. The molecule has 2 heterocycles. The van der Waals surface area contributed by atoms with Gasteiger partial charge in [0.05, 0.1) is 31.7 Å². The van der Waals surface area contributed by atoms with Gasteiger partial charge in [0.1, 0.15) is 0 Å². The zero-order valence-electron chi connectivity index (χ0n) is 18.0. The van der Waals surface area contributed by atoms with Crippen LogP contribution in [0.15, 0.2) is 46.3 Å². The average molecular weight is 528 g/mol. The molecule has 2 aromatic carbocycles. The number of fused-ring (bicyclic) bond motifs is 1. The number of nitrogens with zero attached hydrogens (tertiary/aromatic N) is 4. The molecule has 0 spiro atoms. The number of thioether (sulfide) groups is 1. The number of hydrogen-bond acceptors (Lipinski definition) is 5. The van der Waals surface area contributed by atoms with Crippen molar-refractivity contribution in [3.8, 4) is 0 Å². The van der Waals surface area contributed by atoms with Crippen molar-refractivity contribution in [3.63, 3.8) is 0 Å². The maximum atomic E-state index is 13.6. The van der Waals surface area contributed by atoms with Crippen LogP contribution in [0.25, 0.3) is 17.1 Å². The number of carbonyl (C=O) groups is 1. The first-order valence-electron chi connectivity index (χ1n) is 9.99. The molecule has 0 aliphatic carbocycles. The van der Waals surface area contributed by atoms with Crippen molar-refractivity contribution in [3.05, 3.63) is 62.7 Å². The third-order valence-electron chi connectivity index (χ3n) is 4.91. The molecule has 0 radical (unpaired) electrons. The van der Waals surface area contributed by atoms with Crippen LogP contribution in [-0.2, 0) is 17.5 Å². The number of amides is 1. The molecule has 1 aliphatic heterocycles. The fraction of sp³-hybridized carbons (Fsp3) is 0.227. The molecule has 1 N–H and O–H groups in total. The molecular formula is C22H18Cl2F3N5OS. The number of aliphatic imine (C=N–C) groups is 1. The van der Waals surface area contributed by atoms with Crippen molar-refractivity contribution in [2.24, 2.45) is 4.99 Å². The lowest BCUT2D eigenvalue weighted by Crippen LogP contribution is -2.22. The second-order valence-electron chi connectivity index (χ2n) is 7.69. The first kappa shape index (κ1) is 24.6. The summed E-state index contributed by atoms with van der Waals surface area (Å²) in [5.74, 6) is -1.43. The molecule has 12 heteroatoms. The molecule has 34 heavy (non-hydrogen) atoms. The van der Waals surface area contributed by atoms with Crippen LogP contribution < -0.4 is 5.32 Å². The quantitative estimate of drug-likeness (QED) is 0.412. The predicted molar refractivity (Wildman–Crippen MR) is 131 cm³/mol. The Kier molecular flexibility index (Phi) is 6.95. The van der Waals surface area contributed by atoms with E-state index >= 15 is 0 Å². The van der Waals surface area contributed by atoms with E-state index in [9.17, 15) is 18.0 Å². The molecule has 1 amide bonds. The fourth-order valence-electron chi connectivity index (χ4n) is 3.31. The lowest BCUT2D eigenvalue weighted by molar-refractivity contribution is -0.147. The zero-order chi connectivity index (χ0) is 24.6. The van der Waals surface area contributed by atoms with Gasteiger partial charge in [-0.1, -0.05) is 35.3 Å². The summed E-state index contributed by atoms with van der Waals surface area (Å²) in [6.07, 6.45) is -3.01. The topological polar surface area (TPSA) is 62.5 Å². The molecule has 0 fully saturated rings. The smallest absolute Gasteiger partial charge is 0.332 e. The van der Waals surface area contributed by atoms with Crippen LogP contribution in [0, 0.1) is 0 Å². The highest BCUT2D eigenvalue weighted by Gasteiger charge is 2.37. The molecule has 3 aromatic rings. The molecule has 0 saturated heterocycles. The Morgan fingerprint density at radius 2 is 1.88 bits per heavy atom. The summed E-state index contributed by atoms with van der Waals surface area (Å²) in [5, 5.41) is 3.99. The Morgan fingerprint density at radius 3 is 2.53 bits per heavy atom. The largest absolute Gasteiger partial charge is 0.449 e. The van der Waals surface area contributed by atoms with Gasteiger partial charge in [0.25, 0.3) is 5.91 Å². The molecular weight excluding hydrogens is 510 g/mol. The molecule has 0 atom stereocenters. The van der Waals surface area contributed by atoms with E-state index in [4.69, 9.17) is 23.2 Å². The van der Waals surface area contributed by atoms with Crippen LogP contribution in [0.3, 0.4) is 0 Å². The van der Waals surface area contributed by atoms with Crippen molar-refractivity contribution in [1.29, 1.82) is 0 Å². The van der Waals surface area contributed by atoms with E-state index in [0.29, 0.717) is 43.4 Å². The van der Waals surface area contributed by atoms with Crippen LogP contribution in [-0.4, -0.2) is 46.2 Å². The zero-order valence-corrected chi connectivity index (χ0v) is 20.3. The average Bonchev–Trinajstić information content (AvgIpc) is 3.29. The van der Waals surface area contributed by atoms with E-state index in [1.165, 1.54) is 6.07 Å². The third-order valence-corrected chi connectivity index (χ3v) is 6.44. The summed E-state index contributed by atoms with van der Waals surface area (Å²) < 4.78 is 41.9. The number of alkyl halides is 3. The van der Waals surface area contributed by atoms with Crippen molar-refractivity contribution in [2.45, 2.75) is 12.7 Å². The van der Waals surface area contributed by atoms with Gasteiger partial charge in [-0.3, -0.25) is 4.79 Å². The molecule has 178 valence electrons. The molecule has 6 nitrogen and oxygen atoms in total. The number of amidine groups is 1. The molecule has 1 aliphatic rings.